The maximum atomic E-state index is 12.7. The largest absolute Gasteiger partial charge is 0.362 e. The van der Waals surface area contributed by atoms with E-state index in [1.165, 1.54) is 0 Å². The molecule has 0 radical (unpaired) electrons. The zero-order valence-electron chi connectivity index (χ0n) is 15.4. The molecule has 2 aromatic rings. The van der Waals surface area contributed by atoms with Crippen molar-refractivity contribution in [3.63, 3.8) is 0 Å². The highest BCUT2D eigenvalue weighted by Crippen LogP contribution is 2.24. The molecule has 5 heteroatoms. The summed E-state index contributed by atoms with van der Waals surface area (Å²) >= 11 is 0. The number of carbonyl (C=O) groups is 2. The fourth-order valence-electron chi connectivity index (χ4n) is 2.44. The number of benzene rings is 2. The van der Waals surface area contributed by atoms with E-state index in [1.54, 1.807) is 4.90 Å². The predicted octanol–water partition coefficient (Wildman–Crippen LogP) is 3.53. The van der Waals surface area contributed by atoms with Gasteiger partial charge in [-0.1, -0.05) is 50.2 Å². The summed E-state index contributed by atoms with van der Waals surface area (Å²) in [5.41, 5.74) is 1.52. The summed E-state index contributed by atoms with van der Waals surface area (Å²) in [4.78, 5) is 26.0. The minimum Gasteiger partial charge on any atom is -0.362 e. The molecule has 0 saturated carbocycles. The minimum absolute atomic E-state index is 0.124. The molecule has 5 nitrogen and oxygen atoms in total. The zero-order chi connectivity index (χ0) is 18.8. The third-order valence-electron chi connectivity index (χ3n) is 3.78. The van der Waals surface area contributed by atoms with Gasteiger partial charge in [0.25, 0.3) is 5.91 Å². The molecule has 138 valence electrons. The number of rotatable bonds is 9. The fraction of sp³-hybridized carbons (Fsp3) is 0.333. The summed E-state index contributed by atoms with van der Waals surface area (Å²) < 4.78 is 5.34. The van der Waals surface area contributed by atoms with Crippen molar-refractivity contribution in [1.82, 2.24) is 5.32 Å². The Morgan fingerprint density at radius 2 is 1.46 bits per heavy atom. The predicted molar refractivity (Wildman–Crippen MR) is 103 cm³/mol. The van der Waals surface area contributed by atoms with Crippen LogP contribution >= 0.6 is 0 Å². The highest BCUT2D eigenvalue weighted by molar-refractivity contribution is 6.01. The number of carbonyl (C=O) groups excluding carboxylic acids is 2. The Kier molecular flexibility index (Phi) is 7.83. The van der Waals surface area contributed by atoms with Crippen LogP contribution < -0.4 is 10.2 Å². The molecule has 0 bridgehead atoms. The molecule has 0 aliphatic carbocycles. The molecule has 26 heavy (non-hydrogen) atoms. The molecule has 0 aliphatic rings. The maximum absolute atomic E-state index is 12.7. The van der Waals surface area contributed by atoms with Crippen molar-refractivity contribution in [3.05, 3.63) is 60.7 Å². The normalized spacial score (nSPS) is 10.6. The lowest BCUT2D eigenvalue weighted by Crippen LogP contribution is -2.33. The Morgan fingerprint density at radius 1 is 0.923 bits per heavy atom. The van der Waals surface area contributed by atoms with Gasteiger partial charge in [-0.3, -0.25) is 14.5 Å². The number of amides is 2. The van der Waals surface area contributed by atoms with Crippen LogP contribution in [0.2, 0.25) is 0 Å². The van der Waals surface area contributed by atoms with E-state index >= 15 is 0 Å². The van der Waals surface area contributed by atoms with Crippen LogP contribution in [0.3, 0.4) is 0 Å². The fourth-order valence-corrected chi connectivity index (χ4v) is 2.44. The average molecular weight is 354 g/mol. The van der Waals surface area contributed by atoms with Crippen molar-refractivity contribution in [1.29, 1.82) is 0 Å². The standard InChI is InChI=1S/C21H26N2O3/c1-17(2)13-14-22-20(24)15-26-16-21(25)23(18-9-5-3-6-10-18)19-11-7-4-8-12-19/h3-12,17H,13-16H2,1-2H3,(H,22,24). The number of para-hydroxylation sites is 2. The quantitative estimate of drug-likeness (QED) is 0.749. The molecule has 0 saturated heterocycles. The molecule has 1 N–H and O–H groups in total. The van der Waals surface area contributed by atoms with Crippen LogP contribution in [0.15, 0.2) is 60.7 Å². The van der Waals surface area contributed by atoms with Crippen LogP contribution in [0.5, 0.6) is 0 Å². The number of ether oxygens (including phenoxy) is 1. The van der Waals surface area contributed by atoms with Gasteiger partial charge in [0.15, 0.2) is 0 Å². The first-order valence-electron chi connectivity index (χ1n) is 8.85. The second-order valence-electron chi connectivity index (χ2n) is 6.43. The van der Waals surface area contributed by atoms with Gasteiger partial charge in [0.05, 0.1) is 0 Å². The second kappa shape index (κ2) is 10.4. The SMILES string of the molecule is CC(C)CCNC(=O)COCC(=O)N(c1ccccc1)c1ccccc1. The monoisotopic (exact) mass is 354 g/mol. The Balaban J connectivity index is 1.92. The van der Waals surface area contributed by atoms with Gasteiger partial charge in [-0.15, -0.1) is 0 Å². The first-order chi connectivity index (χ1) is 12.6. The molecule has 2 rings (SSSR count). The lowest BCUT2D eigenvalue weighted by Gasteiger charge is -2.23. The summed E-state index contributed by atoms with van der Waals surface area (Å²) in [7, 11) is 0. The minimum atomic E-state index is -0.225. The molecule has 0 atom stereocenters. The van der Waals surface area contributed by atoms with Gasteiger partial charge in [0, 0.05) is 17.9 Å². The topological polar surface area (TPSA) is 58.6 Å². The highest BCUT2D eigenvalue weighted by atomic mass is 16.5. The van der Waals surface area contributed by atoms with Crippen molar-refractivity contribution < 1.29 is 14.3 Å². The van der Waals surface area contributed by atoms with E-state index in [4.69, 9.17) is 4.74 Å². The van der Waals surface area contributed by atoms with Crippen LogP contribution in [-0.4, -0.2) is 31.6 Å². The van der Waals surface area contributed by atoms with Crippen molar-refractivity contribution in [3.8, 4) is 0 Å². The van der Waals surface area contributed by atoms with E-state index in [2.05, 4.69) is 19.2 Å². The zero-order valence-corrected chi connectivity index (χ0v) is 15.4. The molecule has 2 aromatic carbocycles. The van der Waals surface area contributed by atoms with Crippen LogP contribution in [-0.2, 0) is 14.3 Å². The maximum Gasteiger partial charge on any atom is 0.257 e. The van der Waals surface area contributed by atoms with Crippen LogP contribution in [0.25, 0.3) is 0 Å². The third kappa shape index (κ3) is 6.33. The van der Waals surface area contributed by atoms with Gasteiger partial charge in [-0.05, 0) is 36.6 Å². The van der Waals surface area contributed by atoms with Crippen molar-refractivity contribution in [2.75, 3.05) is 24.7 Å². The Hall–Kier alpha value is -2.66. The molecular formula is C21H26N2O3. The summed E-state index contributed by atoms with van der Waals surface area (Å²) in [6.45, 7) is 4.53. The van der Waals surface area contributed by atoms with Crippen molar-refractivity contribution in [2.45, 2.75) is 20.3 Å². The van der Waals surface area contributed by atoms with E-state index < -0.39 is 0 Å². The van der Waals surface area contributed by atoms with Gasteiger partial charge in [-0.2, -0.15) is 0 Å². The summed E-state index contributed by atoms with van der Waals surface area (Å²) in [5.74, 6) is 0.102. The first-order valence-corrected chi connectivity index (χ1v) is 8.85. The van der Waals surface area contributed by atoms with Crippen molar-refractivity contribution >= 4 is 23.2 Å². The molecule has 2 amide bonds. The molecule has 0 aliphatic heterocycles. The Morgan fingerprint density at radius 3 is 1.96 bits per heavy atom. The molecular weight excluding hydrogens is 328 g/mol. The van der Waals surface area contributed by atoms with E-state index in [0.29, 0.717) is 12.5 Å². The highest BCUT2D eigenvalue weighted by Gasteiger charge is 2.18. The number of hydrogen-bond donors (Lipinski definition) is 1. The molecule has 0 unspecified atom stereocenters. The molecule has 0 fully saturated rings. The number of hydrogen-bond acceptors (Lipinski definition) is 3. The van der Waals surface area contributed by atoms with E-state index in [0.717, 1.165) is 17.8 Å². The van der Waals surface area contributed by atoms with Gasteiger partial charge in [0.1, 0.15) is 13.2 Å². The van der Waals surface area contributed by atoms with Gasteiger partial charge < -0.3 is 10.1 Å². The smallest absolute Gasteiger partial charge is 0.257 e. The molecule has 0 aromatic heterocycles. The lowest BCUT2D eigenvalue weighted by molar-refractivity contribution is -0.129. The summed E-state index contributed by atoms with van der Waals surface area (Å²) in [6.07, 6.45) is 0.917. The van der Waals surface area contributed by atoms with E-state index in [1.807, 2.05) is 60.7 Å². The van der Waals surface area contributed by atoms with E-state index in [9.17, 15) is 9.59 Å². The van der Waals surface area contributed by atoms with Gasteiger partial charge >= 0.3 is 0 Å². The number of anilines is 2. The summed E-state index contributed by atoms with van der Waals surface area (Å²) in [5, 5.41) is 2.79. The number of nitrogens with one attached hydrogen (secondary N) is 1. The van der Waals surface area contributed by atoms with Crippen LogP contribution in [0.1, 0.15) is 20.3 Å². The molecule has 0 spiro atoms. The van der Waals surface area contributed by atoms with Crippen LogP contribution in [0, 0.1) is 5.92 Å². The first kappa shape index (κ1) is 19.7. The third-order valence-corrected chi connectivity index (χ3v) is 3.78. The molecule has 0 heterocycles. The Labute approximate surface area is 155 Å². The second-order valence-corrected chi connectivity index (χ2v) is 6.43. The van der Waals surface area contributed by atoms with Gasteiger partial charge in [-0.25, -0.2) is 0 Å². The average Bonchev–Trinajstić information content (AvgIpc) is 2.63. The Bertz CT molecular complexity index is 647. The van der Waals surface area contributed by atoms with E-state index in [-0.39, 0.29) is 25.0 Å². The lowest BCUT2D eigenvalue weighted by atomic mass is 10.1. The summed E-state index contributed by atoms with van der Waals surface area (Å²) in [6, 6.07) is 18.8. The van der Waals surface area contributed by atoms with Gasteiger partial charge in [0.2, 0.25) is 5.91 Å². The van der Waals surface area contributed by atoms with Crippen LogP contribution in [0.4, 0.5) is 11.4 Å². The number of nitrogens with zero attached hydrogens (tertiary/aromatic N) is 1. The van der Waals surface area contributed by atoms with Crippen molar-refractivity contribution in [2.24, 2.45) is 5.92 Å².